The Hall–Kier alpha value is -2.82. The Labute approximate surface area is 164 Å². The van der Waals surface area contributed by atoms with Crippen LogP contribution in [0.1, 0.15) is 43.1 Å². The Morgan fingerprint density at radius 2 is 1.96 bits per heavy atom. The predicted octanol–water partition coefficient (Wildman–Crippen LogP) is 1.61. The second kappa shape index (κ2) is 9.40. The van der Waals surface area contributed by atoms with Gasteiger partial charge in [0.25, 0.3) is 0 Å². The average molecular weight is 387 g/mol. The molecule has 0 spiro atoms. The summed E-state index contributed by atoms with van der Waals surface area (Å²) in [5.74, 6) is 3.39. The number of benzene rings is 1. The summed E-state index contributed by atoms with van der Waals surface area (Å²) in [4.78, 5) is 24.6. The second-order valence-corrected chi connectivity index (χ2v) is 6.70. The van der Waals surface area contributed by atoms with Crippen molar-refractivity contribution in [3.05, 3.63) is 35.4 Å². The number of phenols is 1. The van der Waals surface area contributed by atoms with Gasteiger partial charge in [0, 0.05) is 36.2 Å². The van der Waals surface area contributed by atoms with Gasteiger partial charge in [-0.25, -0.2) is 4.79 Å². The van der Waals surface area contributed by atoms with E-state index >= 15 is 0 Å². The highest BCUT2D eigenvalue weighted by atomic mass is 16.5. The molecule has 0 fully saturated rings. The van der Waals surface area contributed by atoms with Crippen molar-refractivity contribution in [2.75, 3.05) is 11.9 Å². The fourth-order valence-electron chi connectivity index (χ4n) is 2.63. The summed E-state index contributed by atoms with van der Waals surface area (Å²) >= 11 is 0. The van der Waals surface area contributed by atoms with Crippen molar-refractivity contribution in [1.82, 2.24) is 0 Å². The van der Waals surface area contributed by atoms with E-state index in [2.05, 4.69) is 17.2 Å². The number of cyclic esters (lactones) is 1. The van der Waals surface area contributed by atoms with E-state index in [9.17, 15) is 24.9 Å². The van der Waals surface area contributed by atoms with Gasteiger partial charge in [-0.05, 0) is 26.0 Å². The number of aromatic hydroxyl groups is 1. The highest BCUT2D eigenvalue weighted by Crippen LogP contribution is 2.28. The maximum Gasteiger partial charge on any atom is 0.343 e. The lowest BCUT2D eigenvalue weighted by molar-refractivity contribution is -0.127. The van der Waals surface area contributed by atoms with E-state index in [1.807, 2.05) is 6.92 Å². The number of aliphatic hydroxyl groups is 2. The summed E-state index contributed by atoms with van der Waals surface area (Å²) in [6.45, 7) is 5.88. The van der Waals surface area contributed by atoms with Crippen LogP contribution in [0.4, 0.5) is 5.69 Å². The Balaban J connectivity index is 2.53. The summed E-state index contributed by atoms with van der Waals surface area (Å²) in [5.41, 5.74) is 0.726. The summed E-state index contributed by atoms with van der Waals surface area (Å²) in [5, 5.41) is 33.4. The normalized spacial score (nSPS) is 26.9. The molecule has 1 aromatic carbocycles. The summed E-state index contributed by atoms with van der Waals surface area (Å²) in [6, 6.07) is 3.01. The van der Waals surface area contributed by atoms with Crippen molar-refractivity contribution in [1.29, 1.82) is 0 Å². The van der Waals surface area contributed by atoms with E-state index in [0.717, 1.165) is 6.08 Å². The molecule has 4 atom stereocenters. The van der Waals surface area contributed by atoms with Crippen LogP contribution in [-0.4, -0.2) is 51.9 Å². The molecule has 0 amide bonds. The van der Waals surface area contributed by atoms with Crippen LogP contribution in [0, 0.1) is 17.8 Å². The maximum atomic E-state index is 12.7. The molecule has 1 aliphatic heterocycles. The van der Waals surface area contributed by atoms with Crippen molar-refractivity contribution in [2.24, 2.45) is 5.92 Å². The number of phenolic OH excluding ortho intramolecular Hbond substituents is 1. The monoisotopic (exact) mass is 387 g/mol. The number of anilines is 1. The lowest BCUT2D eigenvalue weighted by Gasteiger charge is -2.19. The molecule has 0 aliphatic carbocycles. The third-order valence-corrected chi connectivity index (χ3v) is 4.49. The van der Waals surface area contributed by atoms with Gasteiger partial charge < -0.3 is 25.4 Å². The van der Waals surface area contributed by atoms with Crippen molar-refractivity contribution in [3.8, 4) is 17.6 Å². The highest BCUT2D eigenvalue weighted by molar-refractivity contribution is 5.96. The van der Waals surface area contributed by atoms with Crippen LogP contribution in [0.15, 0.2) is 24.3 Å². The van der Waals surface area contributed by atoms with E-state index in [4.69, 9.17) is 4.74 Å². The lowest BCUT2D eigenvalue weighted by atomic mass is 10.00. The fraction of sp³-hybridized carbons (Fsp3) is 0.429. The number of ketones is 1. The molecule has 2 rings (SSSR count). The van der Waals surface area contributed by atoms with Gasteiger partial charge in [0.1, 0.15) is 23.5 Å². The van der Waals surface area contributed by atoms with Crippen LogP contribution in [0.25, 0.3) is 0 Å². The first-order chi connectivity index (χ1) is 13.2. The van der Waals surface area contributed by atoms with Gasteiger partial charge in [-0.2, -0.15) is 0 Å². The van der Waals surface area contributed by atoms with Crippen molar-refractivity contribution in [3.63, 3.8) is 0 Å². The minimum absolute atomic E-state index is 0.0691. The molecule has 150 valence electrons. The largest absolute Gasteiger partial charge is 0.507 e. The van der Waals surface area contributed by atoms with Crippen LogP contribution in [0.3, 0.4) is 0 Å². The fourth-order valence-corrected chi connectivity index (χ4v) is 2.63. The lowest BCUT2D eigenvalue weighted by Crippen LogP contribution is -2.32. The van der Waals surface area contributed by atoms with Crippen LogP contribution < -0.4 is 5.32 Å². The summed E-state index contributed by atoms with van der Waals surface area (Å²) in [6.07, 6.45) is -1.09. The Kier molecular flexibility index (Phi) is 7.21. The van der Waals surface area contributed by atoms with Gasteiger partial charge in [-0.15, -0.1) is 0 Å². The number of esters is 1. The molecule has 7 heteroatoms. The molecule has 0 radical (unpaired) electrons. The zero-order valence-electron chi connectivity index (χ0n) is 16.1. The van der Waals surface area contributed by atoms with Gasteiger partial charge in [0.2, 0.25) is 0 Å². The van der Waals surface area contributed by atoms with E-state index in [1.54, 1.807) is 19.9 Å². The average Bonchev–Trinajstić information content (AvgIpc) is 2.64. The number of carbonyl (C=O) groups excluding carboxylic acids is 2. The van der Waals surface area contributed by atoms with Crippen molar-refractivity contribution in [2.45, 2.75) is 45.5 Å². The van der Waals surface area contributed by atoms with E-state index in [-0.39, 0.29) is 29.2 Å². The van der Waals surface area contributed by atoms with E-state index < -0.39 is 30.1 Å². The molecule has 0 saturated carbocycles. The van der Waals surface area contributed by atoms with Crippen molar-refractivity contribution >= 4 is 17.4 Å². The molecule has 0 saturated heterocycles. The maximum absolute atomic E-state index is 12.7. The smallest absolute Gasteiger partial charge is 0.343 e. The number of rotatable bonds is 2. The minimum Gasteiger partial charge on any atom is -0.507 e. The summed E-state index contributed by atoms with van der Waals surface area (Å²) in [7, 11) is 0. The van der Waals surface area contributed by atoms with Crippen LogP contribution in [0.2, 0.25) is 0 Å². The topological polar surface area (TPSA) is 116 Å². The second-order valence-electron chi connectivity index (χ2n) is 6.70. The van der Waals surface area contributed by atoms with Crippen LogP contribution >= 0.6 is 0 Å². The molecule has 0 aromatic heterocycles. The quantitative estimate of drug-likeness (QED) is 0.450. The first-order valence-corrected chi connectivity index (χ1v) is 9.13. The standard InChI is InChI=1S/C21H25NO6/c1-4-22-15-10-14-6-5-7-16(23)20(26)17(24)9-8-12(2)13(3)28-21(27)19(14)18(25)11-15/h8-13,16,20,22-23,25-26H,4,7H2,1-3H3/b9-8-/t12-,13?,16?,20+/m1/s1. The highest BCUT2D eigenvalue weighted by Gasteiger charge is 2.25. The molecule has 1 heterocycles. The summed E-state index contributed by atoms with van der Waals surface area (Å²) < 4.78 is 5.44. The Bertz CT molecular complexity index is 835. The van der Waals surface area contributed by atoms with Gasteiger partial charge >= 0.3 is 5.97 Å². The molecule has 4 N–H and O–H groups in total. The van der Waals surface area contributed by atoms with E-state index in [1.165, 1.54) is 12.1 Å². The number of hydrogen-bond acceptors (Lipinski definition) is 7. The van der Waals surface area contributed by atoms with Crippen LogP contribution in [-0.2, 0) is 9.53 Å². The third kappa shape index (κ3) is 5.12. The zero-order chi connectivity index (χ0) is 20.8. The minimum atomic E-state index is -1.60. The molecule has 1 aliphatic rings. The van der Waals surface area contributed by atoms with Crippen molar-refractivity contribution < 1.29 is 29.6 Å². The zero-order valence-corrected chi connectivity index (χ0v) is 16.1. The van der Waals surface area contributed by atoms with E-state index in [0.29, 0.717) is 12.2 Å². The molecule has 7 nitrogen and oxygen atoms in total. The third-order valence-electron chi connectivity index (χ3n) is 4.49. The molecule has 0 bridgehead atoms. The van der Waals surface area contributed by atoms with Gasteiger partial charge in [0.15, 0.2) is 5.78 Å². The molecule has 2 unspecified atom stereocenters. The van der Waals surface area contributed by atoms with Gasteiger partial charge in [0.05, 0.1) is 6.10 Å². The van der Waals surface area contributed by atoms with Gasteiger partial charge in [-0.3, -0.25) is 4.79 Å². The number of hydrogen-bond donors (Lipinski definition) is 4. The Morgan fingerprint density at radius 1 is 1.25 bits per heavy atom. The van der Waals surface area contributed by atoms with Gasteiger partial charge in [-0.1, -0.05) is 24.8 Å². The Morgan fingerprint density at radius 3 is 2.64 bits per heavy atom. The first kappa shape index (κ1) is 21.5. The molecular weight excluding hydrogens is 362 g/mol. The number of aliphatic hydroxyl groups excluding tert-OH is 2. The number of ether oxygens (including phenoxy) is 1. The van der Waals surface area contributed by atoms with Crippen LogP contribution in [0.5, 0.6) is 5.75 Å². The number of carbonyl (C=O) groups is 2. The number of nitrogens with one attached hydrogen (secondary N) is 1. The number of fused-ring (bicyclic) bond motifs is 1. The predicted molar refractivity (Wildman–Crippen MR) is 104 cm³/mol. The molecular formula is C21H25NO6. The molecule has 28 heavy (non-hydrogen) atoms. The SMILES string of the molecule is CCNc1cc(O)c2c(c1)C#CCC(O)[C@H](O)C(=O)/C=C\[C@@H](C)C(C)OC2=O. The first-order valence-electron chi connectivity index (χ1n) is 9.13. The molecule has 1 aromatic rings.